The van der Waals surface area contributed by atoms with E-state index in [4.69, 9.17) is 5.73 Å². The average Bonchev–Trinajstić information content (AvgIpc) is 3.08. The molecule has 0 saturated carbocycles. The van der Waals surface area contributed by atoms with E-state index in [-0.39, 0.29) is 5.82 Å². The summed E-state index contributed by atoms with van der Waals surface area (Å²) >= 11 is 1.45. The molecule has 3 N–H and O–H groups in total. The Morgan fingerprint density at radius 3 is 2.54 bits per heavy atom. The summed E-state index contributed by atoms with van der Waals surface area (Å²) in [6.45, 7) is 4.00. The quantitative estimate of drug-likeness (QED) is 0.526. The maximum Gasteiger partial charge on any atom is 0.180 e. The van der Waals surface area contributed by atoms with Crippen molar-refractivity contribution < 1.29 is 4.39 Å². The summed E-state index contributed by atoms with van der Waals surface area (Å²) in [5.41, 5.74) is 8.25. The minimum Gasteiger partial charge on any atom is -0.375 e. The van der Waals surface area contributed by atoms with E-state index in [0.717, 1.165) is 26.8 Å². The number of pyridine rings is 1. The highest BCUT2D eigenvalue weighted by Gasteiger charge is 2.06. The summed E-state index contributed by atoms with van der Waals surface area (Å²) in [4.78, 5) is 9.54. The number of hydrogen-bond acceptors (Lipinski definition) is 5. The number of thiazole rings is 1. The standard InChI is InChI=1S/C20H15FN4S/c1-12(13-4-6-17(21)7-5-13)25-19-9-16-8-14(2-3-15(16)10-23-19)18-11-24-20(22)26-18/h2-11H,1H2,(H2,22,24)(H,23,25). The second kappa shape index (κ2) is 6.57. The van der Waals surface area contributed by atoms with Crippen LogP contribution in [0.15, 0.2) is 67.5 Å². The van der Waals surface area contributed by atoms with Crippen molar-refractivity contribution in [3.63, 3.8) is 0 Å². The number of nitrogen functional groups attached to an aromatic ring is 1. The molecule has 0 unspecified atom stereocenters. The Morgan fingerprint density at radius 1 is 1.00 bits per heavy atom. The Kier molecular flexibility index (Phi) is 4.10. The van der Waals surface area contributed by atoms with Crippen LogP contribution >= 0.6 is 11.3 Å². The lowest BCUT2D eigenvalue weighted by Gasteiger charge is -2.10. The molecule has 0 aliphatic heterocycles. The molecule has 2 aromatic heterocycles. The predicted molar refractivity (Wildman–Crippen MR) is 106 cm³/mol. The van der Waals surface area contributed by atoms with Crippen molar-refractivity contribution >= 4 is 38.8 Å². The van der Waals surface area contributed by atoms with Gasteiger partial charge in [0, 0.05) is 23.5 Å². The van der Waals surface area contributed by atoms with Gasteiger partial charge in [-0.15, -0.1) is 0 Å². The summed E-state index contributed by atoms with van der Waals surface area (Å²) < 4.78 is 13.1. The third kappa shape index (κ3) is 3.27. The third-order valence-corrected chi connectivity index (χ3v) is 4.88. The highest BCUT2D eigenvalue weighted by Crippen LogP contribution is 2.30. The number of anilines is 2. The van der Waals surface area contributed by atoms with Crippen molar-refractivity contribution in [1.82, 2.24) is 9.97 Å². The van der Waals surface area contributed by atoms with Crippen LogP contribution in [0.1, 0.15) is 5.56 Å². The molecule has 0 atom stereocenters. The number of hydrogen-bond donors (Lipinski definition) is 2. The zero-order valence-corrected chi connectivity index (χ0v) is 14.6. The Balaban J connectivity index is 1.63. The molecule has 0 spiro atoms. The smallest absolute Gasteiger partial charge is 0.180 e. The fraction of sp³-hybridized carbons (Fsp3) is 0. The van der Waals surface area contributed by atoms with Crippen LogP contribution in [0, 0.1) is 5.82 Å². The van der Waals surface area contributed by atoms with E-state index in [0.29, 0.717) is 16.6 Å². The normalized spacial score (nSPS) is 10.8. The molecule has 0 radical (unpaired) electrons. The summed E-state index contributed by atoms with van der Waals surface area (Å²) in [7, 11) is 0. The van der Waals surface area contributed by atoms with Gasteiger partial charge < -0.3 is 11.1 Å². The summed E-state index contributed by atoms with van der Waals surface area (Å²) in [5.74, 6) is 0.398. The Labute approximate surface area is 153 Å². The first-order chi connectivity index (χ1) is 12.6. The number of nitrogens with two attached hydrogens (primary N) is 1. The van der Waals surface area contributed by atoms with Crippen LogP contribution in [-0.4, -0.2) is 9.97 Å². The van der Waals surface area contributed by atoms with Gasteiger partial charge >= 0.3 is 0 Å². The van der Waals surface area contributed by atoms with Crippen LogP contribution in [0.5, 0.6) is 0 Å². The number of aromatic nitrogens is 2. The number of nitrogens with zero attached hydrogens (tertiary/aromatic N) is 2. The zero-order chi connectivity index (χ0) is 18.1. The van der Waals surface area contributed by atoms with Crippen molar-refractivity contribution in [2.45, 2.75) is 0 Å². The lowest BCUT2D eigenvalue weighted by atomic mass is 10.1. The molecule has 0 saturated heterocycles. The van der Waals surface area contributed by atoms with Gasteiger partial charge in [-0.25, -0.2) is 14.4 Å². The SMILES string of the molecule is C=C(Nc1cc2cc(-c3cnc(N)s3)ccc2cn1)c1ccc(F)cc1. The van der Waals surface area contributed by atoms with Crippen LogP contribution in [0.4, 0.5) is 15.3 Å². The molecule has 2 heterocycles. The maximum absolute atomic E-state index is 13.1. The van der Waals surface area contributed by atoms with Crippen molar-refractivity contribution in [2.24, 2.45) is 0 Å². The second-order valence-electron chi connectivity index (χ2n) is 5.80. The van der Waals surface area contributed by atoms with Gasteiger partial charge in [-0.2, -0.15) is 0 Å². The molecule has 4 aromatic rings. The van der Waals surface area contributed by atoms with Crippen LogP contribution in [0.25, 0.3) is 26.9 Å². The highest BCUT2D eigenvalue weighted by molar-refractivity contribution is 7.18. The van der Waals surface area contributed by atoms with Crippen LogP contribution in [0.2, 0.25) is 0 Å². The minimum atomic E-state index is -0.276. The highest BCUT2D eigenvalue weighted by atomic mass is 32.1. The minimum absolute atomic E-state index is 0.276. The van der Waals surface area contributed by atoms with Crippen molar-refractivity contribution in [2.75, 3.05) is 11.1 Å². The number of halogens is 1. The molecule has 26 heavy (non-hydrogen) atoms. The van der Waals surface area contributed by atoms with Gasteiger partial charge in [0.2, 0.25) is 0 Å². The Morgan fingerprint density at radius 2 is 1.81 bits per heavy atom. The molecule has 128 valence electrons. The van der Waals surface area contributed by atoms with Crippen LogP contribution in [0.3, 0.4) is 0 Å². The third-order valence-electron chi connectivity index (χ3n) is 4.00. The predicted octanol–water partition coefficient (Wildman–Crippen LogP) is 5.16. The molecule has 4 rings (SSSR count). The molecule has 6 heteroatoms. The molecule has 4 nitrogen and oxygen atoms in total. The van der Waals surface area contributed by atoms with Gasteiger partial charge in [0.05, 0.1) is 4.88 Å². The van der Waals surface area contributed by atoms with E-state index in [2.05, 4.69) is 27.9 Å². The fourth-order valence-electron chi connectivity index (χ4n) is 2.66. The molecule has 2 aromatic carbocycles. The van der Waals surface area contributed by atoms with Crippen LogP contribution in [-0.2, 0) is 0 Å². The monoisotopic (exact) mass is 362 g/mol. The largest absolute Gasteiger partial charge is 0.375 e. The van der Waals surface area contributed by atoms with E-state index in [9.17, 15) is 4.39 Å². The molecule has 0 aliphatic rings. The van der Waals surface area contributed by atoms with Crippen molar-refractivity contribution in [3.05, 3.63) is 78.9 Å². The summed E-state index contributed by atoms with van der Waals surface area (Å²) in [6, 6.07) is 14.3. The summed E-state index contributed by atoms with van der Waals surface area (Å²) in [5, 5.41) is 5.80. The van der Waals surface area contributed by atoms with E-state index >= 15 is 0 Å². The molecule has 0 amide bonds. The first-order valence-corrected chi connectivity index (χ1v) is 8.73. The Hall–Kier alpha value is -3.25. The molecular weight excluding hydrogens is 347 g/mol. The average molecular weight is 362 g/mol. The first-order valence-electron chi connectivity index (χ1n) is 7.92. The van der Waals surface area contributed by atoms with Crippen molar-refractivity contribution in [3.8, 4) is 10.4 Å². The van der Waals surface area contributed by atoms with Gasteiger partial charge in [0.15, 0.2) is 5.13 Å². The van der Waals surface area contributed by atoms with E-state index in [1.807, 2.05) is 18.2 Å². The zero-order valence-electron chi connectivity index (χ0n) is 13.7. The molecule has 0 aliphatic carbocycles. The fourth-order valence-corrected chi connectivity index (χ4v) is 3.34. The van der Waals surface area contributed by atoms with E-state index in [1.165, 1.54) is 23.5 Å². The van der Waals surface area contributed by atoms with Crippen LogP contribution < -0.4 is 11.1 Å². The molecule has 0 bridgehead atoms. The second-order valence-corrected chi connectivity index (χ2v) is 6.87. The van der Waals surface area contributed by atoms with Gasteiger partial charge in [0.1, 0.15) is 11.6 Å². The lowest BCUT2D eigenvalue weighted by molar-refractivity contribution is 0.627. The van der Waals surface area contributed by atoms with Gasteiger partial charge in [-0.1, -0.05) is 42.2 Å². The lowest BCUT2D eigenvalue weighted by Crippen LogP contribution is -1.99. The molecular formula is C20H15FN4S. The van der Waals surface area contributed by atoms with Crippen molar-refractivity contribution in [1.29, 1.82) is 0 Å². The van der Waals surface area contributed by atoms with E-state index < -0.39 is 0 Å². The van der Waals surface area contributed by atoms with Gasteiger partial charge in [-0.05, 0) is 40.8 Å². The number of fused-ring (bicyclic) bond motifs is 1. The maximum atomic E-state index is 13.1. The number of rotatable bonds is 4. The van der Waals surface area contributed by atoms with E-state index in [1.54, 1.807) is 24.5 Å². The van der Waals surface area contributed by atoms with Gasteiger partial charge in [0.25, 0.3) is 0 Å². The number of nitrogens with one attached hydrogen (secondary N) is 1. The first kappa shape index (κ1) is 16.2. The number of benzene rings is 2. The topological polar surface area (TPSA) is 63.8 Å². The molecule has 0 fully saturated rings. The summed E-state index contributed by atoms with van der Waals surface area (Å²) in [6.07, 6.45) is 3.58. The Bertz CT molecular complexity index is 1100. The van der Waals surface area contributed by atoms with Gasteiger partial charge in [-0.3, -0.25) is 0 Å².